The zero-order valence-corrected chi connectivity index (χ0v) is 16.5. The highest BCUT2D eigenvalue weighted by molar-refractivity contribution is 8.00. The van der Waals surface area contributed by atoms with E-state index in [1.807, 2.05) is 39.1 Å². The molecule has 0 saturated carbocycles. The molecule has 0 aliphatic rings. The van der Waals surface area contributed by atoms with Crippen molar-refractivity contribution in [3.05, 3.63) is 44.8 Å². The minimum absolute atomic E-state index is 0.0744. The van der Waals surface area contributed by atoms with Crippen LogP contribution in [0.25, 0.3) is 0 Å². The SMILES string of the molecule is Cc1nc(S[C@H](C)C(=O)NCCc2cccs2)c(C(N)=O)c(C)c1C. The zero-order chi connectivity index (χ0) is 18.6. The fourth-order valence-corrected chi connectivity index (χ4v) is 4.21. The second-order valence-electron chi connectivity index (χ2n) is 5.87. The predicted octanol–water partition coefficient (Wildman–Crippen LogP) is 3.01. The highest BCUT2D eigenvalue weighted by Gasteiger charge is 2.22. The number of nitrogens with two attached hydrogens (primary N) is 1. The normalized spacial score (nSPS) is 12.0. The molecule has 2 amide bonds. The van der Waals surface area contributed by atoms with Crippen molar-refractivity contribution in [1.29, 1.82) is 0 Å². The number of rotatable bonds is 7. The Kier molecular flexibility index (Phi) is 6.61. The maximum atomic E-state index is 12.3. The van der Waals surface area contributed by atoms with Crippen LogP contribution in [0.3, 0.4) is 0 Å². The predicted molar refractivity (Wildman–Crippen MR) is 103 cm³/mol. The molecule has 0 bridgehead atoms. The molecule has 2 rings (SSSR count). The van der Waals surface area contributed by atoms with E-state index in [0.29, 0.717) is 17.1 Å². The van der Waals surface area contributed by atoms with Gasteiger partial charge >= 0.3 is 0 Å². The molecule has 0 radical (unpaired) electrons. The van der Waals surface area contributed by atoms with Gasteiger partial charge in [-0.05, 0) is 56.7 Å². The van der Waals surface area contributed by atoms with Gasteiger partial charge in [-0.25, -0.2) is 4.98 Å². The first-order valence-corrected chi connectivity index (χ1v) is 9.81. The average Bonchev–Trinajstić information content (AvgIpc) is 3.05. The van der Waals surface area contributed by atoms with Gasteiger partial charge in [0, 0.05) is 17.1 Å². The van der Waals surface area contributed by atoms with Crippen molar-refractivity contribution in [1.82, 2.24) is 10.3 Å². The number of primary amides is 1. The highest BCUT2D eigenvalue weighted by atomic mass is 32.2. The molecule has 0 unspecified atom stereocenters. The van der Waals surface area contributed by atoms with E-state index >= 15 is 0 Å². The Hall–Kier alpha value is -1.86. The quantitative estimate of drug-likeness (QED) is 0.727. The second kappa shape index (κ2) is 8.49. The third kappa shape index (κ3) is 4.83. The van der Waals surface area contributed by atoms with Crippen LogP contribution in [-0.4, -0.2) is 28.6 Å². The first-order chi connectivity index (χ1) is 11.8. The van der Waals surface area contributed by atoms with Gasteiger partial charge in [-0.3, -0.25) is 9.59 Å². The lowest BCUT2D eigenvalue weighted by molar-refractivity contribution is -0.120. The van der Waals surface area contributed by atoms with Crippen LogP contribution in [0.2, 0.25) is 0 Å². The molecule has 0 fully saturated rings. The number of aromatic nitrogens is 1. The number of thiophene rings is 1. The first kappa shape index (κ1) is 19.5. The molecule has 0 saturated heterocycles. The lowest BCUT2D eigenvalue weighted by Gasteiger charge is -2.16. The van der Waals surface area contributed by atoms with Crippen molar-refractivity contribution < 1.29 is 9.59 Å². The molecule has 2 aromatic rings. The van der Waals surface area contributed by atoms with E-state index < -0.39 is 5.91 Å². The second-order valence-corrected chi connectivity index (χ2v) is 8.23. The molecular weight excluding hydrogens is 354 g/mol. The summed E-state index contributed by atoms with van der Waals surface area (Å²) in [6.45, 7) is 8.07. The smallest absolute Gasteiger partial charge is 0.251 e. The monoisotopic (exact) mass is 377 g/mol. The van der Waals surface area contributed by atoms with Crippen LogP contribution < -0.4 is 11.1 Å². The maximum Gasteiger partial charge on any atom is 0.251 e. The summed E-state index contributed by atoms with van der Waals surface area (Å²) in [5.74, 6) is -0.587. The number of carbonyl (C=O) groups is 2. The van der Waals surface area contributed by atoms with Gasteiger partial charge in [0.2, 0.25) is 5.91 Å². The summed E-state index contributed by atoms with van der Waals surface area (Å²) in [6, 6.07) is 4.05. The Morgan fingerprint density at radius 2 is 2.04 bits per heavy atom. The summed E-state index contributed by atoms with van der Waals surface area (Å²) in [6.07, 6.45) is 0.814. The van der Waals surface area contributed by atoms with Gasteiger partial charge < -0.3 is 11.1 Å². The van der Waals surface area contributed by atoms with Gasteiger partial charge in [-0.15, -0.1) is 11.3 Å². The third-order valence-electron chi connectivity index (χ3n) is 4.12. The van der Waals surface area contributed by atoms with Crippen molar-refractivity contribution >= 4 is 34.9 Å². The fourth-order valence-electron chi connectivity index (χ4n) is 2.42. The standard InChI is InChI=1S/C18H23N3O2S2/c1-10-11(2)15(16(19)22)18(21-12(10)3)25-13(4)17(23)20-8-7-14-6-5-9-24-14/h5-6,9,13H,7-8H2,1-4H3,(H2,19,22)(H,20,23)/t13-/m1/s1. The van der Waals surface area contributed by atoms with Crippen molar-refractivity contribution in [2.45, 2.75) is 44.4 Å². The van der Waals surface area contributed by atoms with E-state index in [0.717, 1.165) is 23.2 Å². The number of pyridine rings is 1. The molecule has 2 aromatic heterocycles. The maximum absolute atomic E-state index is 12.3. The van der Waals surface area contributed by atoms with Gasteiger partial charge in [0.15, 0.2) is 0 Å². The van der Waals surface area contributed by atoms with Crippen LogP contribution in [-0.2, 0) is 11.2 Å². The Bertz CT molecular complexity index is 773. The van der Waals surface area contributed by atoms with E-state index in [4.69, 9.17) is 5.73 Å². The molecule has 134 valence electrons. The summed E-state index contributed by atoms with van der Waals surface area (Å²) < 4.78 is 0. The number of nitrogens with zero attached hydrogens (tertiary/aromatic N) is 1. The van der Waals surface area contributed by atoms with Crippen molar-refractivity contribution in [2.75, 3.05) is 6.54 Å². The summed E-state index contributed by atoms with van der Waals surface area (Å²) in [5, 5.41) is 5.11. The fraction of sp³-hybridized carbons (Fsp3) is 0.389. The number of aryl methyl sites for hydroxylation is 1. The van der Waals surface area contributed by atoms with Crippen molar-refractivity contribution in [3.8, 4) is 0 Å². The lowest BCUT2D eigenvalue weighted by atomic mass is 10.0. The molecule has 25 heavy (non-hydrogen) atoms. The van der Waals surface area contributed by atoms with E-state index in [-0.39, 0.29) is 11.2 Å². The topological polar surface area (TPSA) is 85.1 Å². The van der Waals surface area contributed by atoms with E-state index in [1.54, 1.807) is 11.3 Å². The van der Waals surface area contributed by atoms with Crippen molar-refractivity contribution in [2.24, 2.45) is 5.73 Å². The average molecular weight is 378 g/mol. The number of hydrogen-bond donors (Lipinski definition) is 2. The van der Waals surface area contributed by atoms with Crippen molar-refractivity contribution in [3.63, 3.8) is 0 Å². The van der Waals surface area contributed by atoms with Crippen LogP contribution in [0.15, 0.2) is 22.5 Å². The molecule has 1 atom stereocenters. The summed E-state index contributed by atoms with van der Waals surface area (Å²) in [7, 11) is 0. The Morgan fingerprint density at radius 3 is 2.64 bits per heavy atom. The molecule has 0 spiro atoms. The van der Waals surface area contributed by atoms with E-state index in [1.165, 1.54) is 16.6 Å². The largest absolute Gasteiger partial charge is 0.366 e. The third-order valence-corrected chi connectivity index (χ3v) is 6.14. The number of thioether (sulfide) groups is 1. The van der Waals surface area contributed by atoms with Gasteiger partial charge in [-0.1, -0.05) is 17.8 Å². The summed E-state index contributed by atoms with van der Waals surface area (Å²) in [5.41, 5.74) is 8.56. The van der Waals surface area contributed by atoms with Gasteiger partial charge in [-0.2, -0.15) is 0 Å². The van der Waals surface area contributed by atoms with Gasteiger partial charge in [0.05, 0.1) is 10.8 Å². The Labute approximate surface area is 156 Å². The molecule has 0 aliphatic carbocycles. The van der Waals surface area contributed by atoms with Gasteiger partial charge in [0.1, 0.15) is 5.03 Å². The Balaban J connectivity index is 2.05. The zero-order valence-electron chi connectivity index (χ0n) is 14.9. The van der Waals surface area contributed by atoms with Crippen LogP contribution in [0.4, 0.5) is 0 Å². The molecule has 0 aliphatic heterocycles. The van der Waals surface area contributed by atoms with Gasteiger partial charge in [0.25, 0.3) is 5.91 Å². The van der Waals surface area contributed by atoms with Crippen LogP contribution in [0.5, 0.6) is 0 Å². The number of amides is 2. The number of hydrogen-bond acceptors (Lipinski definition) is 5. The molecular formula is C18H23N3O2S2. The van der Waals surface area contributed by atoms with E-state index in [2.05, 4.69) is 16.4 Å². The molecule has 0 aromatic carbocycles. The minimum atomic E-state index is -0.513. The Morgan fingerprint density at radius 1 is 1.32 bits per heavy atom. The number of carbonyl (C=O) groups excluding carboxylic acids is 2. The highest BCUT2D eigenvalue weighted by Crippen LogP contribution is 2.29. The molecule has 7 heteroatoms. The molecule has 3 N–H and O–H groups in total. The summed E-state index contributed by atoms with van der Waals surface area (Å²) >= 11 is 2.95. The van der Waals surface area contributed by atoms with Crippen LogP contribution in [0, 0.1) is 20.8 Å². The summed E-state index contributed by atoms with van der Waals surface area (Å²) in [4.78, 5) is 29.9. The first-order valence-electron chi connectivity index (χ1n) is 8.05. The van der Waals surface area contributed by atoms with Crippen LogP contribution in [0.1, 0.15) is 39.0 Å². The lowest BCUT2D eigenvalue weighted by Crippen LogP contribution is -2.32. The molecule has 5 nitrogen and oxygen atoms in total. The van der Waals surface area contributed by atoms with E-state index in [9.17, 15) is 9.59 Å². The molecule has 2 heterocycles. The minimum Gasteiger partial charge on any atom is -0.366 e. The number of nitrogens with one attached hydrogen (secondary N) is 1. The van der Waals surface area contributed by atoms with Crippen LogP contribution >= 0.6 is 23.1 Å².